The summed E-state index contributed by atoms with van der Waals surface area (Å²) < 4.78 is 10.9. The number of ether oxygens (including phenoxy) is 2. The topological polar surface area (TPSA) is 55.8 Å². The zero-order chi connectivity index (χ0) is 19.3. The maximum absolute atomic E-state index is 12.2. The second-order valence-electron chi connectivity index (χ2n) is 7.26. The number of nitrogens with zero attached hydrogens (tertiary/aromatic N) is 1. The quantitative estimate of drug-likeness (QED) is 0.515. The van der Waals surface area contributed by atoms with Crippen LogP contribution in [0.25, 0.3) is 0 Å². The van der Waals surface area contributed by atoms with Gasteiger partial charge in [0.2, 0.25) is 0 Å². The van der Waals surface area contributed by atoms with Crippen molar-refractivity contribution in [1.82, 2.24) is 4.90 Å². The summed E-state index contributed by atoms with van der Waals surface area (Å²) in [6.07, 6.45) is 6.13. The van der Waals surface area contributed by atoms with Crippen LogP contribution >= 0.6 is 0 Å². The number of carbonyl (C=O) groups excluding carboxylic acids is 2. The SMILES string of the molecule is CCCCC(CC(=O)OCc1ccccc1)OC(=O)CCCN1CCCC1. The Morgan fingerprint density at radius 3 is 2.52 bits per heavy atom. The molecule has 0 radical (unpaired) electrons. The summed E-state index contributed by atoms with van der Waals surface area (Å²) in [5.74, 6) is -0.518. The van der Waals surface area contributed by atoms with Gasteiger partial charge in [-0.2, -0.15) is 0 Å². The molecule has 0 N–H and O–H groups in total. The van der Waals surface area contributed by atoms with E-state index < -0.39 is 0 Å². The molecule has 0 aliphatic carbocycles. The first-order valence-electron chi connectivity index (χ1n) is 10.3. The van der Waals surface area contributed by atoms with E-state index in [2.05, 4.69) is 11.8 Å². The third-order valence-corrected chi connectivity index (χ3v) is 4.87. The molecule has 1 aliphatic heterocycles. The third-order valence-electron chi connectivity index (χ3n) is 4.87. The Hall–Kier alpha value is -1.88. The Morgan fingerprint density at radius 1 is 1.07 bits per heavy atom. The summed E-state index contributed by atoms with van der Waals surface area (Å²) in [5, 5.41) is 0. The molecule has 1 atom stereocenters. The lowest BCUT2D eigenvalue weighted by molar-refractivity contribution is -0.156. The molecule has 0 spiro atoms. The number of rotatable bonds is 12. The van der Waals surface area contributed by atoms with Gasteiger partial charge < -0.3 is 14.4 Å². The molecular formula is C22H33NO4. The molecule has 1 unspecified atom stereocenters. The third kappa shape index (κ3) is 9.05. The fourth-order valence-electron chi connectivity index (χ4n) is 3.32. The molecule has 0 aromatic heterocycles. The van der Waals surface area contributed by atoms with Crippen LogP contribution in [-0.2, 0) is 25.7 Å². The predicted molar refractivity (Wildman–Crippen MR) is 105 cm³/mol. The lowest BCUT2D eigenvalue weighted by atomic mass is 10.1. The first kappa shape index (κ1) is 21.4. The molecule has 2 rings (SSSR count). The highest BCUT2D eigenvalue weighted by molar-refractivity contribution is 5.72. The van der Waals surface area contributed by atoms with Gasteiger partial charge in [-0.15, -0.1) is 0 Å². The number of carbonyl (C=O) groups is 2. The zero-order valence-electron chi connectivity index (χ0n) is 16.5. The molecule has 1 aromatic rings. The summed E-state index contributed by atoms with van der Waals surface area (Å²) in [7, 11) is 0. The van der Waals surface area contributed by atoms with Crippen molar-refractivity contribution >= 4 is 11.9 Å². The average Bonchev–Trinajstić information content (AvgIpc) is 3.19. The molecule has 0 amide bonds. The first-order valence-corrected chi connectivity index (χ1v) is 10.3. The van der Waals surface area contributed by atoms with E-state index in [1.54, 1.807) is 0 Å². The second-order valence-corrected chi connectivity index (χ2v) is 7.26. The largest absolute Gasteiger partial charge is 0.462 e. The molecule has 1 fully saturated rings. The van der Waals surface area contributed by atoms with Gasteiger partial charge in [0.15, 0.2) is 0 Å². The van der Waals surface area contributed by atoms with Crippen LogP contribution in [0.1, 0.15) is 63.9 Å². The van der Waals surface area contributed by atoms with Crippen LogP contribution in [0.3, 0.4) is 0 Å². The lowest BCUT2D eigenvalue weighted by Crippen LogP contribution is -2.24. The standard InChI is InChI=1S/C22H33NO4/c1-2-3-12-20(17-22(25)26-18-19-10-5-4-6-11-19)27-21(24)13-9-16-23-14-7-8-15-23/h4-6,10-11,20H,2-3,7-9,12-18H2,1H3. The van der Waals surface area contributed by atoms with Crippen molar-refractivity contribution in [3.63, 3.8) is 0 Å². The summed E-state index contributed by atoms with van der Waals surface area (Å²) >= 11 is 0. The van der Waals surface area contributed by atoms with Crippen LogP contribution in [0.2, 0.25) is 0 Å². The number of esters is 2. The van der Waals surface area contributed by atoms with Gasteiger partial charge in [0.25, 0.3) is 0 Å². The number of likely N-dealkylation sites (tertiary alicyclic amines) is 1. The monoisotopic (exact) mass is 375 g/mol. The number of benzene rings is 1. The fourth-order valence-corrected chi connectivity index (χ4v) is 3.32. The smallest absolute Gasteiger partial charge is 0.309 e. The highest BCUT2D eigenvalue weighted by atomic mass is 16.6. The molecule has 0 bridgehead atoms. The van der Waals surface area contributed by atoms with Crippen molar-refractivity contribution in [2.24, 2.45) is 0 Å². The minimum Gasteiger partial charge on any atom is -0.462 e. The van der Waals surface area contributed by atoms with E-state index in [4.69, 9.17) is 9.47 Å². The number of hydrogen-bond donors (Lipinski definition) is 0. The van der Waals surface area contributed by atoms with Crippen molar-refractivity contribution < 1.29 is 19.1 Å². The molecule has 0 saturated carbocycles. The number of hydrogen-bond acceptors (Lipinski definition) is 5. The molecular weight excluding hydrogens is 342 g/mol. The number of unbranched alkanes of at least 4 members (excludes halogenated alkanes) is 1. The Labute approximate surface area is 163 Å². The van der Waals surface area contributed by atoms with Gasteiger partial charge in [-0.1, -0.05) is 50.1 Å². The van der Waals surface area contributed by atoms with Crippen molar-refractivity contribution in [2.45, 2.75) is 71.0 Å². The normalized spacial score (nSPS) is 15.4. The summed E-state index contributed by atoms with van der Waals surface area (Å²) in [4.78, 5) is 26.7. The molecule has 1 heterocycles. The van der Waals surface area contributed by atoms with Crippen molar-refractivity contribution in [3.8, 4) is 0 Å². The molecule has 1 saturated heterocycles. The van der Waals surface area contributed by atoms with E-state index in [0.29, 0.717) is 12.8 Å². The molecule has 27 heavy (non-hydrogen) atoms. The van der Waals surface area contributed by atoms with Crippen LogP contribution in [0, 0.1) is 0 Å². The maximum Gasteiger partial charge on any atom is 0.309 e. The van der Waals surface area contributed by atoms with E-state index >= 15 is 0 Å². The van der Waals surface area contributed by atoms with Crippen LogP contribution < -0.4 is 0 Å². The minimum atomic E-state index is -0.382. The molecule has 5 nitrogen and oxygen atoms in total. The molecule has 5 heteroatoms. The van der Waals surface area contributed by atoms with Crippen LogP contribution in [0.15, 0.2) is 30.3 Å². The highest BCUT2D eigenvalue weighted by Crippen LogP contribution is 2.14. The van der Waals surface area contributed by atoms with Crippen LogP contribution in [0.4, 0.5) is 0 Å². The summed E-state index contributed by atoms with van der Waals surface area (Å²) in [6, 6.07) is 9.59. The van der Waals surface area contributed by atoms with Crippen LogP contribution in [0.5, 0.6) is 0 Å². The van der Waals surface area contributed by atoms with E-state index in [1.807, 2.05) is 30.3 Å². The van der Waals surface area contributed by atoms with Gasteiger partial charge in [-0.05, 0) is 50.9 Å². The van der Waals surface area contributed by atoms with E-state index in [1.165, 1.54) is 12.8 Å². The van der Waals surface area contributed by atoms with Gasteiger partial charge in [0.1, 0.15) is 12.7 Å². The van der Waals surface area contributed by atoms with Crippen molar-refractivity contribution in [2.75, 3.05) is 19.6 Å². The van der Waals surface area contributed by atoms with E-state index in [0.717, 1.165) is 44.5 Å². The van der Waals surface area contributed by atoms with Gasteiger partial charge in [0, 0.05) is 6.42 Å². The summed E-state index contributed by atoms with van der Waals surface area (Å²) in [5.41, 5.74) is 0.954. The zero-order valence-corrected chi connectivity index (χ0v) is 16.5. The average molecular weight is 376 g/mol. The second kappa shape index (κ2) is 12.5. The van der Waals surface area contributed by atoms with Crippen LogP contribution in [-0.4, -0.2) is 42.6 Å². The Morgan fingerprint density at radius 2 is 1.81 bits per heavy atom. The molecule has 150 valence electrons. The molecule has 1 aliphatic rings. The maximum atomic E-state index is 12.2. The molecule has 1 aromatic carbocycles. The fraction of sp³-hybridized carbons (Fsp3) is 0.636. The van der Waals surface area contributed by atoms with Crippen molar-refractivity contribution in [3.05, 3.63) is 35.9 Å². The Bertz CT molecular complexity index is 555. The van der Waals surface area contributed by atoms with Gasteiger partial charge in [-0.3, -0.25) is 9.59 Å². The van der Waals surface area contributed by atoms with Gasteiger partial charge in [0.05, 0.1) is 6.42 Å². The first-order chi connectivity index (χ1) is 13.2. The predicted octanol–water partition coefficient (Wildman–Crippen LogP) is 4.10. The Balaban J connectivity index is 1.70. The minimum absolute atomic E-state index is 0.130. The Kier molecular flexibility index (Phi) is 9.91. The lowest BCUT2D eigenvalue weighted by Gasteiger charge is -2.18. The van der Waals surface area contributed by atoms with Gasteiger partial charge in [-0.25, -0.2) is 0 Å². The van der Waals surface area contributed by atoms with Gasteiger partial charge >= 0.3 is 11.9 Å². The highest BCUT2D eigenvalue weighted by Gasteiger charge is 2.19. The summed E-state index contributed by atoms with van der Waals surface area (Å²) in [6.45, 7) is 5.57. The van der Waals surface area contributed by atoms with E-state index in [9.17, 15) is 9.59 Å². The van der Waals surface area contributed by atoms with Crippen molar-refractivity contribution in [1.29, 1.82) is 0 Å². The van der Waals surface area contributed by atoms with E-state index in [-0.39, 0.29) is 31.1 Å².